The highest BCUT2D eigenvalue weighted by Crippen LogP contribution is 2.28. The molecule has 2 aromatic carbocycles. The number of rotatable bonds is 4. The fourth-order valence-electron chi connectivity index (χ4n) is 2.83. The maximum Gasteiger partial charge on any atom is 0.225 e. The fraction of sp³-hybridized carbons (Fsp3) is 0.200. The Morgan fingerprint density at radius 2 is 1.84 bits per heavy atom. The predicted molar refractivity (Wildman–Crippen MR) is 103 cm³/mol. The van der Waals surface area contributed by atoms with Crippen LogP contribution in [0, 0.1) is 0 Å². The lowest BCUT2D eigenvalue weighted by molar-refractivity contribution is -0.122. The van der Waals surface area contributed by atoms with E-state index in [1.807, 2.05) is 50.2 Å². The van der Waals surface area contributed by atoms with Crippen LogP contribution in [0.1, 0.15) is 25.0 Å². The summed E-state index contributed by atoms with van der Waals surface area (Å²) in [4.78, 5) is 17.0. The normalized spacial score (nSPS) is 11.5. The van der Waals surface area contributed by atoms with Crippen molar-refractivity contribution in [3.05, 3.63) is 75.9 Å². The maximum atomic E-state index is 12.6. The first-order chi connectivity index (χ1) is 11.9. The zero-order valence-electron chi connectivity index (χ0n) is 14.0. The van der Waals surface area contributed by atoms with Crippen LogP contribution in [0.4, 0.5) is 0 Å². The number of halogens is 2. The smallest absolute Gasteiger partial charge is 0.225 e. The SMILES string of the molecule is CC(C)(NC(=O)Cc1cccc2cccnc12)c1ccc(Cl)c(Cl)c1. The van der Waals surface area contributed by atoms with Crippen LogP contribution in [0.5, 0.6) is 0 Å². The number of hydrogen-bond donors (Lipinski definition) is 1. The summed E-state index contributed by atoms with van der Waals surface area (Å²) >= 11 is 12.1. The summed E-state index contributed by atoms with van der Waals surface area (Å²) in [6, 6.07) is 15.1. The van der Waals surface area contributed by atoms with Crippen molar-refractivity contribution in [2.24, 2.45) is 0 Å². The number of aromatic nitrogens is 1. The first-order valence-corrected chi connectivity index (χ1v) is 8.71. The number of nitrogens with zero attached hydrogens (tertiary/aromatic N) is 1. The molecule has 0 unspecified atom stereocenters. The summed E-state index contributed by atoms with van der Waals surface area (Å²) < 4.78 is 0. The van der Waals surface area contributed by atoms with E-state index in [4.69, 9.17) is 23.2 Å². The average Bonchev–Trinajstić information content (AvgIpc) is 2.57. The summed E-state index contributed by atoms with van der Waals surface area (Å²) in [6.07, 6.45) is 2.00. The Bertz CT molecular complexity index is 933. The van der Waals surface area contributed by atoms with Crippen molar-refractivity contribution in [2.45, 2.75) is 25.8 Å². The highest BCUT2D eigenvalue weighted by atomic mass is 35.5. The molecule has 0 radical (unpaired) electrons. The van der Waals surface area contributed by atoms with Crippen molar-refractivity contribution >= 4 is 40.0 Å². The Balaban J connectivity index is 1.80. The molecule has 128 valence electrons. The molecule has 0 aliphatic rings. The Labute approximate surface area is 157 Å². The number of carbonyl (C=O) groups excluding carboxylic acids is 1. The summed E-state index contributed by atoms with van der Waals surface area (Å²) in [5, 5.41) is 5.06. The van der Waals surface area contributed by atoms with Crippen molar-refractivity contribution in [3.8, 4) is 0 Å². The molecule has 0 fully saturated rings. The summed E-state index contributed by atoms with van der Waals surface area (Å²) in [6.45, 7) is 3.87. The molecule has 0 aliphatic heterocycles. The monoisotopic (exact) mass is 372 g/mol. The lowest BCUT2D eigenvalue weighted by Gasteiger charge is -2.27. The van der Waals surface area contributed by atoms with Crippen LogP contribution in [0.25, 0.3) is 10.9 Å². The molecule has 0 spiro atoms. The van der Waals surface area contributed by atoms with E-state index < -0.39 is 5.54 Å². The molecular weight excluding hydrogens is 355 g/mol. The van der Waals surface area contributed by atoms with E-state index in [-0.39, 0.29) is 12.3 Å². The number of para-hydroxylation sites is 1. The van der Waals surface area contributed by atoms with E-state index in [0.717, 1.165) is 22.0 Å². The van der Waals surface area contributed by atoms with E-state index in [1.54, 1.807) is 18.3 Å². The number of hydrogen-bond acceptors (Lipinski definition) is 2. The molecule has 1 heterocycles. The number of carbonyl (C=O) groups is 1. The van der Waals surface area contributed by atoms with Crippen molar-refractivity contribution in [3.63, 3.8) is 0 Å². The van der Waals surface area contributed by atoms with E-state index in [9.17, 15) is 4.79 Å². The predicted octanol–water partition coefficient (Wildman–Crippen LogP) is 5.14. The van der Waals surface area contributed by atoms with Crippen molar-refractivity contribution < 1.29 is 4.79 Å². The first kappa shape index (κ1) is 17.7. The van der Waals surface area contributed by atoms with Gasteiger partial charge in [0.05, 0.1) is 27.5 Å². The minimum Gasteiger partial charge on any atom is -0.347 e. The molecule has 0 atom stereocenters. The lowest BCUT2D eigenvalue weighted by Crippen LogP contribution is -2.41. The van der Waals surface area contributed by atoms with Gasteiger partial charge in [0.2, 0.25) is 5.91 Å². The summed E-state index contributed by atoms with van der Waals surface area (Å²) in [5.74, 6) is -0.0748. The van der Waals surface area contributed by atoms with Gasteiger partial charge in [-0.05, 0) is 43.2 Å². The van der Waals surface area contributed by atoms with E-state index in [2.05, 4.69) is 10.3 Å². The second-order valence-electron chi connectivity index (χ2n) is 6.47. The summed E-state index contributed by atoms with van der Waals surface area (Å²) in [5.41, 5.74) is 2.09. The topological polar surface area (TPSA) is 42.0 Å². The molecule has 1 N–H and O–H groups in total. The van der Waals surface area contributed by atoms with Gasteiger partial charge in [-0.15, -0.1) is 0 Å². The average molecular weight is 373 g/mol. The van der Waals surface area contributed by atoms with Crippen LogP contribution >= 0.6 is 23.2 Å². The maximum absolute atomic E-state index is 12.6. The van der Waals surface area contributed by atoms with Gasteiger partial charge in [0, 0.05) is 11.6 Å². The second kappa shape index (κ2) is 7.03. The molecule has 3 rings (SSSR count). The molecule has 0 bridgehead atoms. The number of benzene rings is 2. The van der Waals surface area contributed by atoms with Gasteiger partial charge >= 0.3 is 0 Å². The third-order valence-electron chi connectivity index (χ3n) is 4.16. The molecule has 1 aromatic heterocycles. The largest absolute Gasteiger partial charge is 0.347 e. The zero-order chi connectivity index (χ0) is 18.0. The molecule has 1 amide bonds. The number of amides is 1. The molecule has 3 aromatic rings. The summed E-state index contributed by atoms with van der Waals surface area (Å²) in [7, 11) is 0. The first-order valence-electron chi connectivity index (χ1n) is 7.96. The quantitative estimate of drug-likeness (QED) is 0.688. The highest BCUT2D eigenvalue weighted by Gasteiger charge is 2.24. The van der Waals surface area contributed by atoms with Crippen molar-refractivity contribution in [1.82, 2.24) is 10.3 Å². The Kier molecular flexibility index (Phi) is 4.98. The third-order valence-corrected chi connectivity index (χ3v) is 4.90. The fourth-order valence-corrected chi connectivity index (χ4v) is 3.13. The minimum absolute atomic E-state index is 0.0748. The standard InChI is InChI=1S/C20H18Cl2N2O/c1-20(2,15-8-9-16(21)17(22)12-15)24-18(25)11-14-6-3-5-13-7-4-10-23-19(13)14/h3-10,12H,11H2,1-2H3,(H,24,25). The number of fused-ring (bicyclic) bond motifs is 1. The molecular formula is C20H18Cl2N2O. The van der Waals surface area contributed by atoms with Gasteiger partial charge in [0.25, 0.3) is 0 Å². The molecule has 0 aliphatic carbocycles. The minimum atomic E-state index is -0.566. The van der Waals surface area contributed by atoms with Gasteiger partial charge < -0.3 is 5.32 Å². The Hall–Kier alpha value is -2.10. The zero-order valence-corrected chi connectivity index (χ0v) is 15.5. The second-order valence-corrected chi connectivity index (χ2v) is 7.29. The Morgan fingerprint density at radius 1 is 1.08 bits per heavy atom. The van der Waals surface area contributed by atoms with Crippen LogP contribution in [0.2, 0.25) is 10.0 Å². The number of pyridine rings is 1. The molecule has 5 heteroatoms. The van der Waals surface area contributed by atoms with Gasteiger partial charge in [0.1, 0.15) is 0 Å². The van der Waals surface area contributed by atoms with E-state index >= 15 is 0 Å². The molecule has 25 heavy (non-hydrogen) atoms. The van der Waals surface area contributed by atoms with Crippen molar-refractivity contribution in [2.75, 3.05) is 0 Å². The van der Waals surface area contributed by atoms with E-state index in [0.29, 0.717) is 10.0 Å². The van der Waals surface area contributed by atoms with Crippen molar-refractivity contribution in [1.29, 1.82) is 0 Å². The van der Waals surface area contributed by atoms with Gasteiger partial charge in [-0.2, -0.15) is 0 Å². The van der Waals surface area contributed by atoms with Gasteiger partial charge in [-0.3, -0.25) is 9.78 Å². The van der Waals surface area contributed by atoms with Gasteiger partial charge in [0.15, 0.2) is 0 Å². The van der Waals surface area contributed by atoms with Crippen LogP contribution in [-0.4, -0.2) is 10.9 Å². The molecule has 0 saturated heterocycles. The molecule has 3 nitrogen and oxygen atoms in total. The van der Waals surface area contributed by atoms with Crippen LogP contribution in [-0.2, 0) is 16.8 Å². The van der Waals surface area contributed by atoms with E-state index in [1.165, 1.54) is 0 Å². The van der Waals surface area contributed by atoms with Gasteiger partial charge in [-0.25, -0.2) is 0 Å². The Morgan fingerprint density at radius 3 is 2.60 bits per heavy atom. The van der Waals surface area contributed by atoms with Crippen LogP contribution in [0.3, 0.4) is 0 Å². The lowest BCUT2D eigenvalue weighted by atomic mass is 9.93. The highest BCUT2D eigenvalue weighted by molar-refractivity contribution is 6.42. The van der Waals surface area contributed by atoms with Gasteiger partial charge in [-0.1, -0.05) is 53.5 Å². The molecule has 0 saturated carbocycles. The number of nitrogens with one attached hydrogen (secondary N) is 1. The van der Waals surface area contributed by atoms with Crippen LogP contribution in [0.15, 0.2) is 54.7 Å². The van der Waals surface area contributed by atoms with Crippen LogP contribution < -0.4 is 5.32 Å². The third kappa shape index (κ3) is 3.94.